The average molecular weight is 817 g/mol. The van der Waals surface area contributed by atoms with Gasteiger partial charge in [-0.2, -0.15) is 0 Å². The highest BCUT2D eigenvalue weighted by molar-refractivity contribution is 5.88. The monoisotopic (exact) mass is 816 g/mol. The molecular weight excluding hydrogens is 764 g/mol. The van der Waals surface area contributed by atoms with Gasteiger partial charge in [0.1, 0.15) is 25.9 Å². The maximum Gasteiger partial charge on any atom is 0.407 e. The molecule has 0 saturated carbocycles. The van der Waals surface area contributed by atoms with Crippen molar-refractivity contribution in [1.29, 1.82) is 0 Å². The molecule has 18 nitrogen and oxygen atoms in total. The lowest BCUT2D eigenvalue weighted by Crippen LogP contribution is -2.39. The third-order valence-corrected chi connectivity index (χ3v) is 7.82. The lowest BCUT2D eigenvalue weighted by molar-refractivity contribution is -0.176. The van der Waals surface area contributed by atoms with E-state index in [0.29, 0.717) is 25.7 Å². The van der Waals surface area contributed by atoms with E-state index < -0.39 is 84.9 Å². The van der Waals surface area contributed by atoms with Gasteiger partial charge in [0, 0.05) is 0 Å². The number of alkyl carbamates (subject to hydrolysis) is 2. The topological polar surface area (TPSA) is 234 Å². The van der Waals surface area contributed by atoms with E-state index >= 15 is 0 Å². The number of amides is 2. The molecule has 0 radical (unpaired) electrons. The number of carbonyl (C=O) groups excluding carboxylic acids is 8. The molecular formula is C40H52N2O16. The highest BCUT2D eigenvalue weighted by Crippen LogP contribution is 2.08. The first kappa shape index (κ1) is 48.1. The summed E-state index contributed by atoms with van der Waals surface area (Å²) < 4.78 is 40.8. The predicted octanol–water partition coefficient (Wildman–Crippen LogP) is 3.64. The first-order valence-corrected chi connectivity index (χ1v) is 18.7. The molecule has 318 valence electrons. The number of hydrogen-bond donors (Lipinski definition) is 2. The molecule has 0 spiro atoms. The third-order valence-electron chi connectivity index (χ3n) is 7.82. The number of nitrogens with one attached hydrogen (secondary N) is 2. The smallest absolute Gasteiger partial charge is 0.407 e. The van der Waals surface area contributed by atoms with Crippen molar-refractivity contribution < 1.29 is 76.3 Å². The van der Waals surface area contributed by atoms with E-state index in [0.717, 1.165) is 11.1 Å². The van der Waals surface area contributed by atoms with Gasteiger partial charge in [-0.1, -0.05) is 60.7 Å². The minimum atomic E-state index is -1.36. The molecule has 2 aromatic carbocycles. The number of unbranched alkanes of at least 4 members (excludes halogenated alkanes) is 3. The molecule has 0 saturated heterocycles. The molecule has 2 rings (SSSR count). The summed E-state index contributed by atoms with van der Waals surface area (Å²) in [6.07, 6.45) is -5.63. The van der Waals surface area contributed by atoms with E-state index in [1.54, 1.807) is 48.5 Å². The van der Waals surface area contributed by atoms with Crippen molar-refractivity contribution in [3.8, 4) is 0 Å². The van der Waals surface area contributed by atoms with Crippen LogP contribution in [0.4, 0.5) is 9.59 Å². The number of hydrogen-bond acceptors (Lipinski definition) is 16. The number of benzene rings is 2. The molecule has 0 heterocycles. The van der Waals surface area contributed by atoms with Crippen molar-refractivity contribution in [2.75, 3.05) is 26.3 Å². The van der Waals surface area contributed by atoms with E-state index in [1.165, 1.54) is 34.6 Å². The van der Waals surface area contributed by atoms with Crippen LogP contribution in [0.25, 0.3) is 0 Å². The Morgan fingerprint density at radius 3 is 1.34 bits per heavy atom. The Balaban J connectivity index is 1.51. The Morgan fingerprint density at radius 1 is 0.466 bits per heavy atom. The van der Waals surface area contributed by atoms with E-state index in [2.05, 4.69) is 10.6 Å². The van der Waals surface area contributed by atoms with Gasteiger partial charge in [0.05, 0.1) is 19.8 Å². The van der Waals surface area contributed by atoms with Crippen LogP contribution >= 0.6 is 0 Å². The van der Waals surface area contributed by atoms with Crippen LogP contribution in [-0.4, -0.2) is 105 Å². The largest absolute Gasteiger partial charge is 0.463 e. The normalized spacial score (nSPS) is 13.2. The Labute approximate surface area is 336 Å². The molecule has 0 fully saturated rings. The number of carbonyl (C=O) groups is 8. The van der Waals surface area contributed by atoms with E-state index in [4.69, 9.17) is 37.9 Å². The standard InChI is InChI=1S/C40H52N2O16/c1-26(33(43)22-41-39(49)53-24-31-16-10-8-11-17-31)55-29(4)37(47)57-27(2)35(45)51-20-14-6-7-15-21-52-36(46)28(3)58-38(48)30(5)56-34(44)23-42-40(50)54-25-32-18-12-9-13-19-32/h8-13,16-19,26-30H,6-7,14-15,20-25H2,1-5H3,(H,41,49)(H,42,50). The number of ether oxygens (including phenoxy) is 8. The summed E-state index contributed by atoms with van der Waals surface area (Å²) in [4.78, 5) is 97.3. The van der Waals surface area contributed by atoms with Crippen molar-refractivity contribution in [1.82, 2.24) is 10.6 Å². The van der Waals surface area contributed by atoms with Crippen LogP contribution in [0.2, 0.25) is 0 Å². The average Bonchev–Trinajstić information content (AvgIpc) is 3.21. The van der Waals surface area contributed by atoms with Gasteiger partial charge in [0.25, 0.3) is 0 Å². The summed E-state index contributed by atoms with van der Waals surface area (Å²) in [5.41, 5.74) is 1.53. The summed E-state index contributed by atoms with van der Waals surface area (Å²) in [5.74, 6) is -4.90. The first-order valence-electron chi connectivity index (χ1n) is 18.7. The van der Waals surface area contributed by atoms with Crippen molar-refractivity contribution in [2.24, 2.45) is 0 Å². The maximum atomic E-state index is 12.4. The number of rotatable bonds is 25. The zero-order valence-electron chi connectivity index (χ0n) is 33.3. The lowest BCUT2D eigenvalue weighted by atomic mass is 10.2. The van der Waals surface area contributed by atoms with E-state index in [9.17, 15) is 38.4 Å². The van der Waals surface area contributed by atoms with Crippen molar-refractivity contribution >= 4 is 47.8 Å². The summed E-state index contributed by atoms with van der Waals surface area (Å²) in [6.45, 7) is 5.81. The van der Waals surface area contributed by atoms with E-state index in [1.807, 2.05) is 12.1 Å². The third kappa shape index (κ3) is 20.2. The molecule has 0 aliphatic rings. The van der Waals surface area contributed by atoms with Crippen LogP contribution in [0.15, 0.2) is 60.7 Å². The minimum absolute atomic E-state index is 0.00249. The SMILES string of the molecule is CC(OC(C)C(=O)OC(C)C(=O)OCCCCCCOC(=O)C(C)OC(=O)C(C)OC(=O)CNC(=O)OCc1ccccc1)C(=O)CNC(=O)OCc1ccccc1. The second kappa shape index (κ2) is 26.7. The summed E-state index contributed by atoms with van der Waals surface area (Å²) in [5, 5.41) is 4.54. The molecule has 0 bridgehead atoms. The van der Waals surface area contributed by atoms with Gasteiger partial charge in [-0.3, -0.25) is 9.59 Å². The minimum Gasteiger partial charge on any atom is -0.463 e. The fraction of sp³-hybridized carbons (Fsp3) is 0.500. The fourth-order valence-corrected chi connectivity index (χ4v) is 4.49. The highest BCUT2D eigenvalue weighted by Gasteiger charge is 2.28. The van der Waals surface area contributed by atoms with Crippen molar-refractivity contribution in [3.05, 3.63) is 71.8 Å². The number of Topliss-reactive ketones (excluding diaryl/α,β-unsaturated/α-hetero) is 1. The van der Waals surface area contributed by atoms with Gasteiger partial charge in [0.2, 0.25) is 0 Å². The number of esters is 5. The quantitative estimate of drug-likeness (QED) is 0.0827. The van der Waals surface area contributed by atoms with Crippen LogP contribution in [0.3, 0.4) is 0 Å². The maximum absolute atomic E-state index is 12.4. The summed E-state index contributed by atoms with van der Waals surface area (Å²) in [7, 11) is 0. The highest BCUT2D eigenvalue weighted by atomic mass is 16.6. The van der Waals surface area contributed by atoms with Crippen LogP contribution in [0.1, 0.15) is 71.4 Å². The van der Waals surface area contributed by atoms with Crippen molar-refractivity contribution in [2.45, 2.75) is 104 Å². The first-order chi connectivity index (χ1) is 27.7. The number of ketones is 1. The van der Waals surface area contributed by atoms with Crippen LogP contribution in [0, 0.1) is 0 Å². The van der Waals surface area contributed by atoms with Crippen molar-refractivity contribution in [3.63, 3.8) is 0 Å². The molecule has 0 aromatic heterocycles. The second-order valence-corrected chi connectivity index (χ2v) is 12.8. The van der Waals surface area contributed by atoms with Gasteiger partial charge in [-0.15, -0.1) is 0 Å². The molecule has 5 unspecified atom stereocenters. The lowest BCUT2D eigenvalue weighted by Gasteiger charge is -2.19. The molecule has 0 aliphatic carbocycles. The second-order valence-electron chi connectivity index (χ2n) is 12.8. The Kier molecular flexibility index (Phi) is 22.2. The van der Waals surface area contributed by atoms with Crippen LogP contribution in [-0.2, 0) is 79.9 Å². The molecule has 58 heavy (non-hydrogen) atoms. The molecule has 0 aliphatic heterocycles. The van der Waals surface area contributed by atoms with Gasteiger partial charge in [-0.05, 0) is 71.4 Å². The zero-order chi connectivity index (χ0) is 42.9. The Morgan fingerprint density at radius 2 is 0.879 bits per heavy atom. The van der Waals surface area contributed by atoms with Gasteiger partial charge in [0.15, 0.2) is 30.2 Å². The van der Waals surface area contributed by atoms with Crippen LogP contribution < -0.4 is 10.6 Å². The predicted molar refractivity (Wildman–Crippen MR) is 201 cm³/mol. The Hall–Kier alpha value is -6.04. The molecule has 2 amide bonds. The molecule has 5 atom stereocenters. The van der Waals surface area contributed by atoms with E-state index in [-0.39, 0.29) is 33.0 Å². The van der Waals surface area contributed by atoms with Gasteiger partial charge in [-0.25, -0.2) is 28.8 Å². The fourth-order valence-electron chi connectivity index (χ4n) is 4.49. The van der Waals surface area contributed by atoms with Gasteiger partial charge < -0.3 is 48.5 Å². The summed E-state index contributed by atoms with van der Waals surface area (Å²) in [6, 6.07) is 17.9. The summed E-state index contributed by atoms with van der Waals surface area (Å²) >= 11 is 0. The van der Waals surface area contributed by atoms with Gasteiger partial charge >= 0.3 is 42.0 Å². The molecule has 2 aromatic rings. The Bertz CT molecular complexity index is 1640. The molecule has 18 heteroatoms. The van der Waals surface area contributed by atoms with Crippen LogP contribution in [0.5, 0.6) is 0 Å². The molecule has 2 N–H and O–H groups in total. The zero-order valence-corrected chi connectivity index (χ0v) is 33.3.